The largest absolute Gasteiger partial charge is 0.378 e. The van der Waals surface area contributed by atoms with Crippen LogP contribution in [0.4, 0.5) is 0 Å². The van der Waals surface area contributed by atoms with Gasteiger partial charge in [-0.15, -0.1) is 0 Å². The summed E-state index contributed by atoms with van der Waals surface area (Å²) < 4.78 is 12.2. The molecule has 0 N–H and O–H groups in total. The first-order valence-electron chi connectivity index (χ1n) is 7.16. The van der Waals surface area contributed by atoms with Crippen LogP contribution < -0.4 is 0 Å². The van der Waals surface area contributed by atoms with Crippen LogP contribution in [0.2, 0.25) is 0 Å². The van der Waals surface area contributed by atoms with E-state index in [9.17, 15) is 0 Å². The quantitative estimate of drug-likeness (QED) is 0.822. The summed E-state index contributed by atoms with van der Waals surface area (Å²) in [7, 11) is 0. The van der Waals surface area contributed by atoms with E-state index in [0.717, 1.165) is 30.8 Å². The van der Waals surface area contributed by atoms with Gasteiger partial charge in [0.25, 0.3) is 0 Å². The van der Waals surface area contributed by atoms with Crippen LogP contribution in [-0.4, -0.2) is 23.2 Å². The molecule has 4 heteroatoms. The lowest BCUT2D eigenvalue weighted by atomic mass is 9.80. The van der Waals surface area contributed by atoms with E-state index in [1.807, 2.05) is 0 Å². The number of ether oxygens (including phenoxy) is 2. The molecular weight excluding hydrogens is 240 g/mol. The van der Waals surface area contributed by atoms with Crippen LogP contribution >= 0.6 is 0 Å². The number of rotatable bonds is 2. The topological polar surface area (TPSA) is 44.2 Å². The maximum atomic E-state index is 6.63. The van der Waals surface area contributed by atoms with Crippen LogP contribution in [0.15, 0.2) is 6.33 Å². The summed E-state index contributed by atoms with van der Waals surface area (Å²) in [4.78, 5) is 8.96. The molecule has 1 aromatic rings. The zero-order chi connectivity index (χ0) is 13.7. The normalized spacial score (nSPS) is 33.3. The molecule has 1 saturated heterocycles. The monoisotopic (exact) mass is 262 g/mol. The second-order valence-corrected chi connectivity index (χ2v) is 5.98. The highest BCUT2D eigenvalue weighted by atomic mass is 16.6. The summed E-state index contributed by atoms with van der Waals surface area (Å²) in [5.74, 6) is 0.390. The number of nitrogens with zero attached hydrogens (tertiary/aromatic N) is 2. The van der Waals surface area contributed by atoms with Gasteiger partial charge < -0.3 is 9.47 Å². The van der Waals surface area contributed by atoms with E-state index in [2.05, 4.69) is 37.7 Å². The van der Waals surface area contributed by atoms with Gasteiger partial charge in [0.2, 0.25) is 0 Å². The van der Waals surface area contributed by atoms with Crippen molar-refractivity contribution in [2.24, 2.45) is 5.92 Å². The van der Waals surface area contributed by atoms with Crippen molar-refractivity contribution in [3.8, 4) is 0 Å². The molecule has 0 saturated carbocycles. The Morgan fingerprint density at radius 3 is 2.74 bits per heavy atom. The van der Waals surface area contributed by atoms with E-state index in [1.54, 1.807) is 6.33 Å². The van der Waals surface area contributed by atoms with Gasteiger partial charge in [-0.3, -0.25) is 0 Å². The zero-order valence-electron chi connectivity index (χ0n) is 12.2. The summed E-state index contributed by atoms with van der Waals surface area (Å²) in [6.07, 6.45) is 3.49. The van der Waals surface area contributed by atoms with Crippen molar-refractivity contribution in [2.45, 2.75) is 51.7 Å². The van der Waals surface area contributed by atoms with Crippen molar-refractivity contribution in [1.82, 2.24) is 9.97 Å². The van der Waals surface area contributed by atoms with Gasteiger partial charge in [0, 0.05) is 24.3 Å². The van der Waals surface area contributed by atoms with Crippen LogP contribution in [0.3, 0.4) is 0 Å². The highest BCUT2D eigenvalue weighted by Gasteiger charge is 2.57. The molecule has 1 spiro atoms. The Hall–Kier alpha value is -1.00. The van der Waals surface area contributed by atoms with Gasteiger partial charge in [-0.1, -0.05) is 20.8 Å². The first kappa shape index (κ1) is 13.0. The van der Waals surface area contributed by atoms with Crippen molar-refractivity contribution >= 4 is 0 Å². The molecule has 0 amide bonds. The van der Waals surface area contributed by atoms with E-state index in [1.165, 1.54) is 5.56 Å². The molecule has 2 aliphatic rings. The van der Waals surface area contributed by atoms with Crippen LogP contribution in [0.25, 0.3) is 0 Å². The number of hydrogen-bond acceptors (Lipinski definition) is 4. The molecule has 3 rings (SSSR count). The number of fused-ring (bicyclic) bond motifs is 2. The lowest BCUT2D eigenvalue weighted by molar-refractivity contribution is -0.167. The van der Waals surface area contributed by atoms with E-state index in [0.29, 0.717) is 12.5 Å². The van der Waals surface area contributed by atoms with E-state index in [4.69, 9.17) is 9.47 Å². The molecule has 0 aliphatic carbocycles. The molecule has 104 valence electrons. The predicted molar refractivity (Wildman–Crippen MR) is 71.8 cm³/mol. The van der Waals surface area contributed by atoms with Gasteiger partial charge in [0.15, 0.2) is 0 Å². The standard InChI is InChI=1S/C15H22N2O2/c1-5-15(10(2)3)12-11(4)16-9-17-13(12)14(19-15)6-7-18-8-14/h9-10H,5-8H2,1-4H3. The third kappa shape index (κ3) is 1.59. The fourth-order valence-electron chi connectivity index (χ4n) is 3.65. The average Bonchev–Trinajstić information content (AvgIpc) is 2.96. The van der Waals surface area contributed by atoms with Gasteiger partial charge in [-0.25, -0.2) is 9.97 Å². The lowest BCUT2D eigenvalue weighted by Crippen LogP contribution is -2.36. The van der Waals surface area contributed by atoms with Crippen molar-refractivity contribution in [3.63, 3.8) is 0 Å². The number of aromatic nitrogens is 2. The number of aryl methyl sites for hydroxylation is 1. The SMILES string of the molecule is CCC1(C(C)C)OC2(CCOC2)c2ncnc(C)c21. The second kappa shape index (κ2) is 4.25. The molecule has 2 unspecified atom stereocenters. The molecule has 2 atom stereocenters. The van der Waals surface area contributed by atoms with Crippen LogP contribution in [0, 0.1) is 12.8 Å². The Labute approximate surface area is 114 Å². The van der Waals surface area contributed by atoms with Gasteiger partial charge in [-0.2, -0.15) is 0 Å². The Kier molecular flexibility index (Phi) is 2.91. The minimum Gasteiger partial charge on any atom is -0.378 e. The molecule has 0 aromatic carbocycles. The summed E-state index contributed by atoms with van der Waals surface area (Å²) in [5.41, 5.74) is 2.70. The third-order valence-electron chi connectivity index (χ3n) is 4.71. The molecule has 0 radical (unpaired) electrons. The van der Waals surface area contributed by atoms with E-state index >= 15 is 0 Å². The highest BCUT2D eigenvalue weighted by Crippen LogP contribution is 2.55. The van der Waals surface area contributed by atoms with Crippen molar-refractivity contribution in [1.29, 1.82) is 0 Å². The van der Waals surface area contributed by atoms with Crippen LogP contribution in [0.5, 0.6) is 0 Å². The maximum Gasteiger partial charge on any atom is 0.137 e. The van der Waals surface area contributed by atoms with E-state index in [-0.39, 0.29) is 11.2 Å². The number of hydrogen-bond donors (Lipinski definition) is 0. The van der Waals surface area contributed by atoms with Crippen molar-refractivity contribution in [3.05, 3.63) is 23.3 Å². The van der Waals surface area contributed by atoms with Gasteiger partial charge in [-0.05, 0) is 19.3 Å². The molecule has 3 heterocycles. The molecule has 2 aliphatic heterocycles. The first-order valence-corrected chi connectivity index (χ1v) is 7.16. The summed E-state index contributed by atoms with van der Waals surface area (Å²) >= 11 is 0. The fraction of sp³-hybridized carbons (Fsp3) is 0.733. The minimum absolute atomic E-state index is 0.269. The Morgan fingerprint density at radius 2 is 2.16 bits per heavy atom. The molecule has 1 fully saturated rings. The summed E-state index contributed by atoms with van der Waals surface area (Å²) in [6.45, 7) is 10.0. The molecule has 0 bridgehead atoms. The van der Waals surface area contributed by atoms with E-state index < -0.39 is 0 Å². The van der Waals surface area contributed by atoms with Crippen LogP contribution in [0.1, 0.15) is 50.6 Å². The zero-order valence-corrected chi connectivity index (χ0v) is 12.2. The smallest absolute Gasteiger partial charge is 0.137 e. The Bertz CT molecular complexity index is 495. The fourth-order valence-corrected chi connectivity index (χ4v) is 3.65. The molecule has 1 aromatic heterocycles. The van der Waals surface area contributed by atoms with Crippen molar-refractivity contribution in [2.75, 3.05) is 13.2 Å². The summed E-state index contributed by atoms with van der Waals surface area (Å²) in [6, 6.07) is 0. The maximum absolute atomic E-state index is 6.63. The highest BCUT2D eigenvalue weighted by molar-refractivity contribution is 5.40. The minimum atomic E-state index is -0.344. The van der Waals surface area contributed by atoms with Gasteiger partial charge in [0.05, 0.1) is 12.3 Å². The molecule has 4 nitrogen and oxygen atoms in total. The Morgan fingerprint density at radius 1 is 1.37 bits per heavy atom. The Balaban J connectivity index is 2.24. The third-order valence-corrected chi connectivity index (χ3v) is 4.71. The van der Waals surface area contributed by atoms with Gasteiger partial charge in [0.1, 0.15) is 17.5 Å². The molecule has 19 heavy (non-hydrogen) atoms. The molecular formula is C15H22N2O2. The predicted octanol–water partition coefficient (Wildman–Crippen LogP) is 2.69. The lowest BCUT2D eigenvalue weighted by Gasteiger charge is -2.36. The van der Waals surface area contributed by atoms with Crippen molar-refractivity contribution < 1.29 is 9.47 Å². The van der Waals surface area contributed by atoms with Gasteiger partial charge >= 0.3 is 0 Å². The second-order valence-electron chi connectivity index (χ2n) is 5.98. The average molecular weight is 262 g/mol. The van der Waals surface area contributed by atoms with Crippen LogP contribution in [-0.2, 0) is 20.7 Å². The summed E-state index contributed by atoms with van der Waals surface area (Å²) in [5, 5.41) is 0. The first-order chi connectivity index (χ1) is 9.06.